The van der Waals surface area contributed by atoms with E-state index in [0.717, 1.165) is 33.2 Å². The van der Waals surface area contributed by atoms with Gasteiger partial charge >= 0.3 is 0 Å². The quantitative estimate of drug-likeness (QED) is 0.657. The molecule has 3 aromatic rings. The lowest BCUT2D eigenvalue weighted by Gasteiger charge is -2.10. The summed E-state index contributed by atoms with van der Waals surface area (Å²) in [5, 5.41) is 7.67. The van der Waals surface area contributed by atoms with Crippen LogP contribution in [0, 0.1) is 0 Å². The van der Waals surface area contributed by atoms with Gasteiger partial charge in [-0.2, -0.15) is 0 Å². The zero-order valence-electron chi connectivity index (χ0n) is 13.3. The van der Waals surface area contributed by atoms with E-state index in [2.05, 4.69) is 20.6 Å². The van der Waals surface area contributed by atoms with Crippen molar-refractivity contribution < 1.29 is 4.74 Å². The maximum absolute atomic E-state index is 5.58. The molecule has 7 heteroatoms. The van der Waals surface area contributed by atoms with E-state index in [9.17, 15) is 0 Å². The lowest BCUT2D eigenvalue weighted by Crippen LogP contribution is -2.30. The number of nitrogens with zero attached hydrogens (tertiary/aromatic N) is 2. The highest BCUT2D eigenvalue weighted by Gasteiger charge is 2.06. The predicted molar refractivity (Wildman–Crippen MR) is 103 cm³/mol. The summed E-state index contributed by atoms with van der Waals surface area (Å²) in [5.74, 6) is 0.826. The molecule has 5 nitrogen and oxygen atoms in total. The van der Waals surface area contributed by atoms with Gasteiger partial charge in [-0.05, 0) is 43.4 Å². The number of para-hydroxylation sites is 1. The summed E-state index contributed by atoms with van der Waals surface area (Å²) in [4.78, 5) is 8.87. The molecule has 0 aliphatic rings. The average Bonchev–Trinajstić information content (AvgIpc) is 2.98. The van der Waals surface area contributed by atoms with E-state index < -0.39 is 0 Å². The average molecular weight is 358 g/mol. The molecule has 0 aliphatic carbocycles. The molecule has 0 atom stereocenters. The Kier molecular flexibility index (Phi) is 5.55. The SMILES string of the molecule is CCOc1cccnc1CCNC(=S)Nc1nc2ccccc2s1. The maximum atomic E-state index is 5.58. The maximum Gasteiger partial charge on any atom is 0.190 e. The topological polar surface area (TPSA) is 59.1 Å². The van der Waals surface area contributed by atoms with Gasteiger partial charge in [0.1, 0.15) is 5.75 Å². The number of thiocarbonyl (C=S) groups is 1. The standard InChI is InChI=1S/C17H18N4OS2/c1-2-22-14-7-5-10-18-12(14)9-11-19-16(23)21-17-20-13-6-3-4-8-15(13)24-17/h3-8,10H,2,9,11H2,1H3,(H2,19,20,21,23). The molecule has 0 saturated heterocycles. The Balaban J connectivity index is 1.52. The third kappa shape index (κ3) is 4.18. The van der Waals surface area contributed by atoms with Crippen LogP contribution >= 0.6 is 23.6 Å². The number of rotatable bonds is 6. The lowest BCUT2D eigenvalue weighted by atomic mass is 10.2. The molecule has 0 aliphatic heterocycles. The number of anilines is 1. The fraction of sp³-hybridized carbons (Fsp3) is 0.235. The fourth-order valence-electron chi connectivity index (χ4n) is 2.26. The lowest BCUT2D eigenvalue weighted by molar-refractivity contribution is 0.334. The van der Waals surface area contributed by atoms with Gasteiger partial charge in [0.15, 0.2) is 10.2 Å². The molecule has 124 valence electrons. The third-order valence-electron chi connectivity index (χ3n) is 3.31. The van der Waals surface area contributed by atoms with Crippen molar-refractivity contribution in [2.24, 2.45) is 0 Å². The van der Waals surface area contributed by atoms with E-state index in [-0.39, 0.29) is 0 Å². The molecule has 3 rings (SSSR count). The van der Waals surface area contributed by atoms with Crippen LogP contribution in [0.3, 0.4) is 0 Å². The van der Waals surface area contributed by atoms with Crippen LogP contribution in [0.4, 0.5) is 5.13 Å². The van der Waals surface area contributed by atoms with Gasteiger partial charge in [-0.3, -0.25) is 4.98 Å². The van der Waals surface area contributed by atoms with Crippen LogP contribution in [0.1, 0.15) is 12.6 Å². The minimum absolute atomic E-state index is 0.558. The first-order valence-corrected chi connectivity index (χ1v) is 8.96. The molecule has 0 saturated carbocycles. The highest BCUT2D eigenvalue weighted by Crippen LogP contribution is 2.25. The van der Waals surface area contributed by atoms with Gasteiger partial charge in [-0.1, -0.05) is 23.5 Å². The summed E-state index contributed by atoms with van der Waals surface area (Å²) in [7, 11) is 0. The monoisotopic (exact) mass is 358 g/mol. The van der Waals surface area contributed by atoms with Gasteiger partial charge in [-0.15, -0.1) is 0 Å². The first-order chi connectivity index (χ1) is 11.8. The smallest absolute Gasteiger partial charge is 0.190 e. The number of ether oxygens (including phenoxy) is 1. The predicted octanol–water partition coefficient (Wildman–Crippen LogP) is 3.62. The van der Waals surface area contributed by atoms with Gasteiger partial charge in [0.05, 0.1) is 22.5 Å². The summed E-state index contributed by atoms with van der Waals surface area (Å²) < 4.78 is 6.71. The van der Waals surface area contributed by atoms with Crippen LogP contribution in [0.5, 0.6) is 5.75 Å². The van der Waals surface area contributed by atoms with Crippen molar-refractivity contribution in [1.82, 2.24) is 15.3 Å². The van der Waals surface area contributed by atoms with E-state index in [0.29, 0.717) is 18.3 Å². The number of aromatic nitrogens is 2. The largest absolute Gasteiger partial charge is 0.492 e. The van der Waals surface area contributed by atoms with Gasteiger partial charge in [-0.25, -0.2) is 4.98 Å². The van der Waals surface area contributed by atoms with E-state index in [1.807, 2.05) is 43.3 Å². The number of thiazole rings is 1. The number of fused-ring (bicyclic) bond motifs is 1. The molecule has 0 bridgehead atoms. The van der Waals surface area contributed by atoms with Crippen molar-refractivity contribution >= 4 is 44.0 Å². The van der Waals surface area contributed by atoms with Crippen molar-refractivity contribution in [1.29, 1.82) is 0 Å². The zero-order valence-corrected chi connectivity index (χ0v) is 14.9. The summed E-state index contributed by atoms with van der Waals surface area (Å²) in [6.07, 6.45) is 2.51. The second-order valence-electron chi connectivity index (χ2n) is 5.00. The molecule has 0 unspecified atom stereocenters. The molecule has 0 amide bonds. The normalized spacial score (nSPS) is 10.5. The number of nitrogens with one attached hydrogen (secondary N) is 2. The number of pyridine rings is 1. The summed E-state index contributed by atoms with van der Waals surface area (Å²) >= 11 is 6.92. The second kappa shape index (κ2) is 8.03. The van der Waals surface area contributed by atoms with Crippen LogP contribution in [0.2, 0.25) is 0 Å². The molecule has 2 aromatic heterocycles. The molecule has 0 radical (unpaired) electrons. The van der Waals surface area contributed by atoms with E-state index in [4.69, 9.17) is 17.0 Å². The van der Waals surface area contributed by atoms with Crippen molar-refractivity contribution in [2.75, 3.05) is 18.5 Å². The van der Waals surface area contributed by atoms with Crippen molar-refractivity contribution in [2.45, 2.75) is 13.3 Å². The Morgan fingerprint density at radius 3 is 2.96 bits per heavy atom. The highest BCUT2D eigenvalue weighted by molar-refractivity contribution is 7.80. The number of hydrogen-bond donors (Lipinski definition) is 2. The first-order valence-electron chi connectivity index (χ1n) is 7.73. The molecular weight excluding hydrogens is 340 g/mol. The molecular formula is C17H18N4OS2. The molecule has 0 fully saturated rings. The van der Waals surface area contributed by atoms with E-state index in [1.165, 1.54) is 0 Å². The van der Waals surface area contributed by atoms with Crippen LogP contribution in [0.15, 0.2) is 42.6 Å². The van der Waals surface area contributed by atoms with Gasteiger partial charge in [0, 0.05) is 19.2 Å². The summed E-state index contributed by atoms with van der Waals surface area (Å²) in [6.45, 7) is 3.27. The van der Waals surface area contributed by atoms with E-state index in [1.54, 1.807) is 17.5 Å². The minimum Gasteiger partial charge on any atom is -0.492 e. The van der Waals surface area contributed by atoms with Crippen LogP contribution in [0.25, 0.3) is 10.2 Å². The fourth-order valence-corrected chi connectivity index (χ4v) is 3.39. The number of benzene rings is 1. The Labute approximate surface area is 150 Å². The van der Waals surface area contributed by atoms with Gasteiger partial charge in [0.25, 0.3) is 0 Å². The highest BCUT2D eigenvalue weighted by atomic mass is 32.1. The van der Waals surface area contributed by atoms with Crippen molar-refractivity contribution in [3.63, 3.8) is 0 Å². The second-order valence-corrected chi connectivity index (χ2v) is 6.44. The van der Waals surface area contributed by atoms with Crippen LogP contribution in [-0.2, 0) is 6.42 Å². The Hall–Kier alpha value is -2.25. The molecule has 24 heavy (non-hydrogen) atoms. The minimum atomic E-state index is 0.558. The van der Waals surface area contributed by atoms with Crippen LogP contribution < -0.4 is 15.4 Å². The molecule has 2 heterocycles. The Bertz CT molecular complexity index is 801. The molecule has 2 N–H and O–H groups in total. The zero-order chi connectivity index (χ0) is 16.8. The Morgan fingerprint density at radius 1 is 1.25 bits per heavy atom. The number of hydrogen-bond acceptors (Lipinski definition) is 5. The van der Waals surface area contributed by atoms with Crippen molar-refractivity contribution in [3.8, 4) is 5.75 Å². The van der Waals surface area contributed by atoms with Gasteiger partial charge < -0.3 is 15.4 Å². The van der Waals surface area contributed by atoms with Crippen LogP contribution in [-0.4, -0.2) is 28.2 Å². The summed E-state index contributed by atoms with van der Waals surface area (Å²) in [5.41, 5.74) is 1.90. The molecule has 1 aromatic carbocycles. The Morgan fingerprint density at radius 2 is 2.12 bits per heavy atom. The van der Waals surface area contributed by atoms with Gasteiger partial charge in [0.2, 0.25) is 0 Å². The first kappa shape index (κ1) is 16.6. The van der Waals surface area contributed by atoms with E-state index >= 15 is 0 Å². The summed E-state index contributed by atoms with van der Waals surface area (Å²) in [6, 6.07) is 11.8. The molecule has 0 spiro atoms. The third-order valence-corrected chi connectivity index (χ3v) is 4.51. The van der Waals surface area contributed by atoms with Crippen molar-refractivity contribution in [3.05, 3.63) is 48.3 Å².